The van der Waals surface area contributed by atoms with Gasteiger partial charge in [-0.1, -0.05) is 30.3 Å². The topological polar surface area (TPSA) is 81.9 Å². The van der Waals surface area contributed by atoms with Crippen molar-refractivity contribution < 1.29 is 19.1 Å². The van der Waals surface area contributed by atoms with Crippen molar-refractivity contribution in [2.45, 2.75) is 31.4 Å². The highest BCUT2D eigenvalue weighted by Crippen LogP contribution is 2.49. The summed E-state index contributed by atoms with van der Waals surface area (Å²) in [7, 11) is 1.62. The van der Waals surface area contributed by atoms with Gasteiger partial charge in [-0.05, 0) is 42.7 Å². The largest absolute Gasteiger partial charge is 0.497 e. The number of ether oxygens (including phenoxy) is 2. The molecule has 2 amide bonds. The molecule has 28 heavy (non-hydrogen) atoms. The zero-order valence-electron chi connectivity index (χ0n) is 16.1. The van der Waals surface area contributed by atoms with Gasteiger partial charge in [0.15, 0.2) is 5.72 Å². The Morgan fingerprint density at radius 2 is 2.07 bits per heavy atom. The van der Waals surface area contributed by atoms with Crippen LogP contribution in [0, 0.1) is 5.92 Å². The highest BCUT2D eigenvalue weighted by molar-refractivity contribution is 6.01. The normalized spacial score (nSPS) is 25.6. The molecule has 2 aromatic rings. The number of hydrogen-bond donors (Lipinski definition) is 1. The molecular formula is C22H24N2O4. The molecular weight excluding hydrogens is 356 g/mol. The fourth-order valence-corrected chi connectivity index (χ4v) is 4.45. The van der Waals surface area contributed by atoms with Gasteiger partial charge in [-0.25, -0.2) is 0 Å². The summed E-state index contributed by atoms with van der Waals surface area (Å²) in [6.45, 7) is 2.35. The van der Waals surface area contributed by atoms with Crippen LogP contribution < -0.4 is 15.2 Å². The van der Waals surface area contributed by atoms with Crippen molar-refractivity contribution in [3.05, 3.63) is 59.7 Å². The van der Waals surface area contributed by atoms with Crippen molar-refractivity contribution in [3.8, 4) is 11.5 Å². The average Bonchev–Trinajstić information content (AvgIpc) is 2.67. The molecule has 2 aromatic carbocycles. The number of primary amides is 1. The molecule has 1 saturated heterocycles. The second kappa shape index (κ2) is 6.86. The molecule has 2 aliphatic rings. The second-order valence-electron chi connectivity index (χ2n) is 7.60. The van der Waals surface area contributed by atoms with Gasteiger partial charge < -0.3 is 20.1 Å². The van der Waals surface area contributed by atoms with Crippen molar-refractivity contribution in [2.75, 3.05) is 13.7 Å². The van der Waals surface area contributed by atoms with Crippen molar-refractivity contribution in [1.82, 2.24) is 4.90 Å². The summed E-state index contributed by atoms with van der Waals surface area (Å²) in [5.41, 5.74) is 6.78. The number of hydrogen-bond acceptors (Lipinski definition) is 4. The van der Waals surface area contributed by atoms with Gasteiger partial charge in [-0.15, -0.1) is 0 Å². The molecule has 2 aliphatic heterocycles. The average molecular weight is 380 g/mol. The standard InChI is InChI=1S/C22H24N2O4/c1-22-13-17(16-8-3-4-9-18(16)28-22)19(20(23)25)21(26)24(22)11-10-14-6-5-7-15(12-14)27-2/h3-9,12,17,19H,10-11,13H2,1-2H3,(H2,23,25)/t17-,19-,22+/m0/s1. The fraction of sp³-hybridized carbons (Fsp3) is 0.364. The van der Waals surface area contributed by atoms with E-state index in [4.69, 9.17) is 15.2 Å². The van der Waals surface area contributed by atoms with E-state index in [1.807, 2.05) is 55.5 Å². The van der Waals surface area contributed by atoms with Gasteiger partial charge in [-0.3, -0.25) is 9.59 Å². The first kappa shape index (κ1) is 18.3. The Balaban J connectivity index is 1.66. The number of likely N-dealkylation sites (tertiary alicyclic amines) is 1. The number of carbonyl (C=O) groups excluding carboxylic acids is 2. The number of fused-ring (bicyclic) bond motifs is 4. The van der Waals surface area contributed by atoms with Crippen LogP contribution in [0.15, 0.2) is 48.5 Å². The number of para-hydroxylation sites is 1. The molecule has 0 saturated carbocycles. The van der Waals surface area contributed by atoms with Crippen LogP contribution in [-0.4, -0.2) is 36.1 Å². The van der Waals surface area contributed by atoms with Gasteiger partial charge in [0.05, 0.1) is 7.11 Å². The summed E-state index contributed by atoms with van der Waals surface area (Å²) in [5, 5.41) is 0. The second-order valence-corrected chi connectivity index (χ2v) is 7.60. The van der Waals surface area contributed by atoms with Crippen LogP contribution in [0.3, 0.4) is 0 Å². The summed E-state index contributed by atoms with van der Waals surface area (Å²) in [6.07, 6.45) is 1.17. The smallest absolute Gasteiger partial charge is 0.238 e. The zero-order valence-corrected chi connectivity index (χ0v) is 16.1. The predicted octanol–water partition coefficient (Wildman–Crippen LogP) is 2.46. The fourth-order valence-electron chi connectivity index (χ4n) is 4.45. The van der Waals surface area contributed by atoms with Crippen molar-refractivity contribution in [3.63, 3.8) is 0 Å². The third-order valence-electron chi connectivity index (χ3n) is 5.82. The SMILES string of the molecule is COc1cccc(CCN2C(=O)[C@H](C(N)=O)[C@H]3C[C@@]2(C)Oc2ccccc23)c1. The number of methoxy groups -OCH3 is 1. The van der Waals surface area contributed by atoms with Gasteiger partial charge in [-0.2, -0.15) is 0 Å². The van der Waals surface area contributed by atoms with Gasteiger partial charge in [0, 0.05) is 18.9 Å². The van der Waals surface area contributed by atoms with E-state index in [0.29, 0.717) is 25.1 Å². The molecule has 3 atom stereocenters. The highest BCUT2D eigenvalue weighted by Gasteiger charge is 2.55. The first-order valence-corrected chi connectivity index (χ1v) is 9.44. The lowest BCUT2D eigenvalue weighted by atomic mass is 9.73. The first-order chi connectivity index (χ1) is 13.4. The molecule has 1 fully saturated rings. The molecule has 146 valence electrons. The molecule has 2 N–H and O–H groups in total. The van der Waals surface area contributed by atoms with Crippen LogP contribution in [0.5, 0.6) is 11.5 Å². The monoisotopic (exact) mass is 380 g/mol. The summed E-state index contributed by atoms with van der Waals surface area (Å²) < 4.78 is 11.5. The lowest BCUT2D eigenvalue weighted by molar-refractivity contribution is -0.175. The third kappa shape index (κ3) is 2.99. The van der Waals surface area contributed by atoms with E-state index in [9.17, 15) is 9.59 Å². The van der Waals surface area contributed by atoms with E-state index in [1.54, 1.807) is 12.0 Å². The van der Waals surface area contributed by atoms with Crippen LogP contribution >= 0.6 is 0 Å². The zero-order chi connectivity index (χ0) is 19.9. The van der Waals surface area contributed by atoms with E-state index in [1.165, 1.54) is 0 Å². The molecule has 2 bridgehead atoms. The Morgan fingerprint density at radius 1 is 1.29 bits per heavy atom. The summed E-state index contributed by atoms with van der Waals surface area (Å²) >= 11 is 0. The Hall–Kier alpha value is -3.02. The number of amides is 2. The molecule has 0 spiro atoms. The molecule has 0 aliphatic carbocycles. The molecule has 0 aromatic heterocycles. The van der Waals surface area contributed by atoms with Gasteiger partial charge in [0.2, 0.25) is 11.8 Å². The lowest BCUT2D eigenvalue weighted by Crippen LogP contribution is -2.64. The lowest BCUT2D eigenvalue weighted by Gasteiger charge is -2.52. The maximum Gasteiger partial charge on any atom is 0.238 e. The molecule has 0 unspecified atom stereocenters. The maximum atomic E-state index is 13.3. The number of nitrogens with zero attached hydrogens (tertiary/aromatic N) is 1. The van der Waals surface area contributed by atoms with E-state index >= 15 is 0 Å². The van der Waals surface area contributed by atoms with Crippen molar-refractivity contribution >= 4 is 11.8 Å². The summed E-state index contributed by atoms with van der Waals surface area (Å²) in [4.78, 5) is 27.1. The summed E-state index contributed by atoms with van der Waals surface area (Å²) in [6, 6.07) is 15.3. The van der Waals surface area contributed by atoms with Crippen molar-refractivity contribution in [2.24, 2.45) is 11.7 Å². The quantitative estimate of drug-likeness (QED) is 0.808. The minimum Gasteiger partial charge on any atom is -0.497 e. The van der Waals surface area contributed by atoms with E-state index < -0.39 is 17.6 Å². The molecule has 0 radical (unpaired) electrons. The highest BCUT2D eigenvalue weighted by atomic mass is 16.5. The number of rotatable bonds is 5. The third-order valence-corrected chi connectivity index (χ3v) is 5.82. The minimum absolute atomic E-state index is 0.256. The number of carbonyl (C=O) groups is 2. The van der Waals surface area contributed by atoms with E-state index in [2.05, 4.69) is 0 Å². The van der Waals surface area contributed by atoms with Crippen LogP contribution in [-0.2, 0) is 16.0 Å². The van der Waals surface area contributed by atoms with Gasteiger partial charge in [0.1, 0.15) is 17.4 Å². The molecule has 6 heteroatoms. The Morgan fingerprint density at radius 3 is 2.82 bits per heavy atom. The number of benzene rings is 2. The minimum atomic E-state index is -0.872. The van der Waals surface area contributed by atoms with E-state index in [0.717, 1.165) is 16.9 Å². The Bertz CT molecular complexity index is 928. The number of nitrogens with two attached hydrogens (primary N) is 1. The maximum absolute atomic E-state index is 13.3. The Kier molecular flexibility index (Phi) is 4.49. The van der Waals surface area contributed by atoms with Crippen LogP contribution in [0.2, 0.25) is 0 Å². The summed E-state index contributed by atoms with van der Waals surface area (Å²) in [5.74, 6) is -0.488. The van der Waals surface area contributed by atoms with Crippen LogP contribution in [0.4, 0.5) is 0 Å². The number of piperidine rings is 1. The van der Waals surface area contributed by atoms with Crippen LogP contribution in [0.25, 0.3) is 0 Å². The van der Waals surface area contributed by atoms with Gasteiger partial charge in [0.25, 0.3) is 0 Å². The molecule has 2 heterocycles. The predicted molar refractivity (Wildman–Crippen MR) is 104 cm³/mol. The molecule has 6 nitrogen and oxygen atoms in total. The van der Waals surface area contributed by atoms with Gasteiger partial charge >= 0.3 is 0 Å². The van der Waals surface area contributed by atoms with E-state index in [-0.39, 0.29) is 11.8 Å². The molecule has 4 rings (SSSR count). The Labute approximate surface area is 164 Å². The van der Waals surface area contributed by atoms with Crippen LogP contribution in [0.1, 0.15) is 30.4 Å². The first-order valence-electron chi connectivity index (χ1n) is 9.44. The van der Waals surface area contributed by atoms with Crippen molar-refractivity contribution in [1.29, 1.82) is 0 Å².